The van der Waals surface area contributed by atoms with Crippen molar-refractivity contribution in [2.75, 3.05) is 38.3 Å². The predicted octanol–water partition coefficient (Wildman–Crippen LogP) is 3.13. The number of hydrogen-bond donors (Lipinski definition) is 1. The third-order valence-corrected chi connectivity index (χ3v) is 7.32. The first kappa shape index (κ1) is 25.8. The second kappa shape index (κ2) is 11.2. The number of nitrogens with zero attached hydrogens (tertiary/aromatic N) is 2. The average Bonchev–Trinajstić information content (AvgIpc) is 2.91. The SMILES string of the molecule is COc1ccc(N(CC(=O)N/N=C\c2cccc3c2OCCO3)S(=O)(=O)c2ccc(C)cc2)c(OC)c1. The summed E-state index contributed by atoms with van der Waals surface area (Å²) in [5.41, 5.74) is 4.08. The summed E-state index contributed by atoms with van der Waals surface area (Å²) in [6.45, 7) is 2.15. The number of aryl methyl sites for hydroxylation is 1. The summed E-state index contributed by atoms with van der Waals surface area (Å²) in [6, 6.07) is 16.3. The molecule has 37 heavy (non-hydrogen) atoms. The van der Waals surface area contributed by atoms with Gasteiger partial charge in [0.15, 0.2) is 11.5 Å². The smallest absolute Gasteiger partial charge is 0.264 e. The molecule has 0 bridgehead atoms. The lowest BCUT2D eigenvalue weighted by atomic mass is 10.2. The third kappa shape index (κ3) is 5.78. The first-order chi connectivity index (χ1) is 17.8. The Morgan fingerprint density at radius 3 is 2.54 bits per heavy atom. The molecule has 1 amide bonds. The van der Waals surface area contributed by atoms with Crippen molar-refractivity contribution in [1.82, 2.24) is 5.43 Å². The van der Waals surface area contributed by atoms with Crippen molar-refractivity contribution in [3.63, 3.8) is 0 Å². The Labute approximate surface area is 215 Å². The van der Waals surface area contributed by atoms with Crippen molar-refractivity contribution in [2.45, 2.75) is 11.8 Å². The zero-order valence-corrected chi connectivity index (χ0v) is 21.4. The Morgan fingerprint density at radius 2 is 1.81 bits per heavy atom. The molecule has 0 saturated carbocycles. The quantitative estimate of drug-likeness (QED) is 0.337. The van der Waals surface area contributed by atoms with Crippen molar-refractivity contribution in [3.05, 3.63) is 71.8 Å². The van der Waals surface area contributed by atoms with Gasteiger partial charge >= 0.3 is 0 Å². The zero-order valence-electron chi connectivity index (χ0n) is 20.6. The summed E-state index contributed by atoms with van der Waals surface area (Å²) >= 11 is 0. The molecule has 0 aliphatic carbocycles. The van der Waals surface area contributed by atoms with E-state index in [0.717, 1.165) is 9.87 Å². The molecule has 1 N–H and O–H groups in total. The topological polar surface area (TPSA) is 116 Å². The highest BCUT2D eigenvalue weighted by Gasteiger charge is 2.29. The molecule has 0 radical (unpaired) electrons. The number of anilines is 1. The van der Waals surface area contributed by atoms with Crippen molar-refractivity contribution in [2.24, 2.45) is 5.10 Å². The number of sulfonamides is 1. The van der Waals surface area contributed by atoms with Gasteiger partial charge in [-0.2, -0.15) is 5.10 Å². The van der Waals surface area contributed by atoms with Crippen LogP contribution in [0.15, 0.2) is 70.7 Å². The standard InChI is InChI=1S/C26H27N3O7S/c1-18-7-10-21(11-8-18)37(31,32)29(22-12-9-20(33-2)15-24(22)34-3)17-25(30)28-27-16-19-5-4-6-23-26(19)36-14-13-35-23/h4-12,15-16H,13-14,17H2,1-3H3,(H,28,30)/b27-16-. The minimum absolute atomic E-state index is 0.0281. The highest BCUT2D eigenvalue weighted by Crippen LogP contribution is 2.35. The second-order valence-electron chi connectivity index (χ2n) is 8.03. The molecule has 1 aliphatic heterocycles. The van der Waals surface area contributed by atoms with Gasteiger partial charge in [0.1, 0.15) is 31.3 Å². The molecule has 3 aromatic carbocycles. The maximum atomic E-state index is 13.6. The number of nitrogens with one attached hydrogen (secondary N) is 1. The van der Waals surface area contributed by atoms with Crippen LogP contribution in [0, 0.1) is 6.92 Å². The van der Waals surface area contributed by atoms with Gasteiger partial charge < -0.3 is 18.9 Å². The van der Waals surface area contributed by atoms with Gasteiger partial charge in [-0.05, 0) is 43.3 Å². The van der Waals surface area contributed by atoms with Gasteiger partial charge in [0.05, 0.1) is 31.0 Å². The van der Waals surface area contributed by atoms with Crippen LogP contribution < -0.4 is 28.7 Å². The monoisotopic (exact) mass is 525 g/mol. The molecule has 11 heteroatoms. The summed E-state index contributed by atoms with van der Waals surface area (Å²) in [4.78, 5) is 12.9. The largest absolute Gasteiger partial charge is 0.497 e. The van der Waals surface area contributed by atoms with E-state index in [1.54, 1.807) is 42.5 Å². The molecule has 0 fully saturated rings. The van der Waals surface area contributed by atoms with Crippen molar-refractivity contribution < 1.29 is 32.2 Å². The number of para-hydroxylation sites is 1. The summed E-state index contributed by atoms with van der Waals surface area (Å²) in [5.74, 6) is 1.15. The number of fused-ring (bicyclic) bond motifs is 1. The molecule has 0 aromatic heterocycles. The number of rotatable bonds is 9. The van der Waals surface area contributed by atoms with E-state index in [1.807, 2.05) is 6.92 Å². The van der Waals surface area contributed by atoms with E-state index < -0.39 is 22.5 Å². The number of amides is 1. The number of ether oxygens (including phenoxy) is 4. The lowest BCUT2D eigenvalue weighted by Gasteiger charge is -2.25. The highest BCUT2D eigenvalue weighted by atomic mass is 32.2. The molecule has 1 heterocycles. The fourth-order valence-electron chi connectivity index (χ4n) is 3.67. The van der Waals surface area contributed by atoms with Gasteiger partial charge in [-0.25, -0.2) is 13.8 Å². The first-order valence-corrected chi connectivity index (χ1v) is 12.8. The molecule has 4 rings (SSSR count). The van der Waals surface area contributed by atoms with Crippen LogP contribution in [0.5, 0.6) is 23.0 Å². The van der Waals surface area contributed by atoms with Gasteiger partial charge in [0.2, 0.25) is 0 Å². The van der Waals surface area contributed by atoms with Crippen LogP contribution in [0.2, 0.25) is 0 Å². The first-order valence-electron chi connectivity index (χ1n) is 11.4. The molecule has 0 unspecified atom stereocenters. The van der Waals surface area contributed by atoms with Crippen molar-refractivity contribution >= 4 is 27.8 Å². The van der Waals surface area contributed by atoms with E-state index in [4.69, 9.17) is 18.9 Å². The minimum Gasteiger partial charge on any atom is -0.497 e. The summed E-state index contributed by atoms with van der Waals surface area (Å²) in [6.07, 6.45) is 1.41. The number of benzene rings is 3. The molecule has 0 spiro atoms. The fourth-order valence-corrected chi connectivity index (χ4v) is 5.10. The predicted molar refractivity (Wildman–Crippen MR) is 138 cm³/mol. The maximum Gasteiger partial charge on any atom is 0.264 e. The Morgan fingerprint density at radius 1 is 1.05 bits per heavy atom. The molecular weight excluding hydrogens is 498 g/mol. The lowest BCUT2D eigenvalue weighted by molar-refractivity contribution is -0.119. The minimum atomic E-state index is -4.14. The van der Waals surface area contributed by atoms with Gasteiger partial charge in [0, 0.05) is 11.6 Å². The van der Waals surface area contributed by atoms with Crippen LogP contribution >= 0.6 is 0 Å². The normalized spacial score (nSPS) is 12.7. The van der Waals surface area contributed by atoms with Crippen LogP contribution in [0.4, 0.5) is 5.69 Å². The summed E-state index contributed by atoms with van der Waals surface area (Å²) in [5, 5.41) is 4.00. The van der Waals surface area contributed by atoms with E-state index in [-0.39, 0.29) is 16.3 Å². The van der Waals surface area contributed by atoms with Gasteiger partial charge in [-0.15, -0.1) is 0 Å². The third-order valence-electron chi connectivity index (χ3n) is 5.54. The second-order valence-corrected chi connectivity index (χ2v) is 9.89. The van der Waals surface area contributed by atoms with Crippen LogP contribution in [0.1, 0.15) is 11.1 Å². The summed E-state index contributed by atoms with van der Waals surface area (Å²) in [7, 11) is -1.25. The number of methoxy groups -OCH3 is 2. The Hall–Kier alpha value is -4.25. The zero-order chi connectivity index (χ0) is 26.4. The van der Waals surface area contributed by atoms with E-state index in [1.165, 1.54) is 38.6 Å². The number of carbonyl (C=O) groups is 1. The molecule has 3 aromatic rings. The van der Waals surface area contributed by atoms with E-state index in [0.29, 0.717) is 36.0 Å². The van der Waals surface area contributed by atoms with Crippen LogP contribution in [-0.4, -0.2) is 54.5 Å². The molecular formula is C26H27N3O7S. The van der Waals surface area contributed by atoms with Crippen LogP contribution in [0.25, 0.3) is 0 Å². The Kier molecular flexibility index (Phi) is 7.83. The van der Waals surface area contributed by atoms with E-state index in [2.05, 4.69) is 10.5 Å². The molecule has 1 aliphatic rings. The average molecular weight is 526 g/mol. The Balaban J connectivity index is 1.61. The number of carbonyl (C=O) groups excluding carboxylic acids is 1. The maximum absolute atomic E-state index is 13.6. The Bertz CT molecular complexity index is 1410. The lowest BCUT2D eigenvalue weighted by Crippen LogP contribution is -2.39. The summed E-state index contributed by atoms with van der Waals surface area (Å²) < 4.78 is 50.1. The van der Waals surface area contributed by atoms with Gasteiger partial charge in [-0.1, -0.05) is 23.8 Å². The van der Waals surface area contributed by atoms with Crippen molar-refractivity contribution in [1.29, 1.82) is 0 Å². The highest BCUT2D eigenvalue weighted by molar-refractivity contribution is 7.92. The molecule has 10 nitrogen and oxygen atoms in total. The van der Waals surface area contributed by atoms with Crippen molar-refractivity contribution in [3.8, 4) is 23.0 Å². The number of hydrazone groups is 1. The van der Waals surface area contributed by atoms with Gasteiger partial charge in [0.25, 0.3) is 15.9 Å². The fraction of sp³-hybridized carbons (Fsp3) is 0.231. The van der Waals surface area contributed by atoms with Crippen LogP contribution in [-0.2, 0) is 14.8 Å². The molecule has 194 valence electrons. The van der Waals surface area contributed by atoms with E-state index in [9.17, 15) is 13.2 Å². The molecule has 0 saturated heterocycles. The van der Waals surface area contributed by atoms with E-state index >= 15 is 0 Å². The van der Waals surface area contributed by atoms with Gasteiger partial charge in [-0.3, -0.25) is 9.10 Å². The van der Waals surface area contributed by atoms with Crippen LogP contribution in [0.3, 0.4) is 0 Å². The molecule has 0 atom stereocenters. The number of hydrogen-bond acceptors (Lipinski definition) is 8.